The summed E-state index contributed by atoms with van der Waals surface area (Å²) in [6.07, 6.45) is 2.96. The van der Waals surface area contributed by atoms with Crippen LogP contribution in [0.15, 0.2) is 36.4 Å². The number of phenols is 1. The van der Waals surface area contributed by atoms with Gasteiger partial charge in [0.1, 0.15) is 11.6 Å². The minimum absolute atomic E-state index is 0.206. The maximum absolute atomic E-state index is 13.9. The molecule has 30 heavy (non-hydrogen) atoms. The zero-order valence-corrected chi connectivity index (χ0v) is 17.7. The molecule has 2 aromatic carbocycles. The Bertz CT molecular complexity index is 1110. The van der Waals surface area contributed by atoms with Crippen LogP contribution in [0.5, 0.6) is 5.75 Å². The van der Waals surface area contributed by atoms with Crippen molar-refractivity contribution in [2.24, 2.45) is 5.92 Å². The van der Waals surface area contributed by atoms with Gasteiger partial charge in [0.05, 0.1) is 11.4 Å². The Balaban J connectivity index is 1.93. The second-order valence-corrected chi connectivity index (χ2v) is 8.81. The Morgan fingerprint density at radius 3 is 2.40 bits per heavy atom. The van der Waals surface area contributed by atoms with Crippen LogP contribution in [0.25, 0.3) is 16.6 Å². The van der Waals surface area contributed by atoms with Crippen molar-refractivity contribution in [1.29, 1.82) is 0 Å². The molecule has 0 saturated heterocycles. The smallest absolute Gasteiger partial charge is 0.306 e. The summed E-state index contributed by atoms with van der Waals surface area (Å²) in [5.41, 5.74) is 4.82. The molecule has 4 rings (SSSR count). The number of hydrogen-bond donors (Lipinski definition) is 2. The first-order valence-corrected chi connectivity index (χ1v) is 10.6. The lowest BCUT2D eigenvalue weighted by molar-refractivity contribution is -0.142. The van der Waals surface area contributed by atoms with Crippen molar-refractivity contribution in [3.8, 4) is 11.4 Å². The number of carboxylic acids is 1. The summed E-state index contributed by atoms with van der Waals surface area (Å²) in [7, 11) is 0. The number of rotatable bonds is 4. The zero-order valence-electron chi connectivity index (χ0n) is 17.7. The third kappa shape index (κ3) is 3.47. The van der Waals surface area contributed by atoms with Crippen LogP contribution in [0.4, 0.5) is 4.39 Å². The lowest BCUT2D eigenvalue weighted by atomic mass is 9.77. The number of halogens is 1. The number of carbonyl (C=O) groups is 1. The Hall–Kier alpha value is -2.82. The number of aromatic nitrogens is 1. The van der Waals surface area contributed by atoms with Gasteiger partial charge in [0.25, 0.3) is 0 Å². The molecule has 1 aromatic heterocycles. The van der Waals surface area contributed by atoms with E-state index in [0.29, 0.717) is 18.4 Å². The number of hydrogen-bond acceptors (Lipinski definition) is 2. The largest absolute Gasteiger partial charge is 0.508 e. The second-order valence-electron chi connectivity index (χ2n) is 8.81. The summed E-state index contributed by atoms with van der Waals surface area (Å²) in [5, 5.41) is 20.6. The van der Waals surface area contributed by atoms with E-state index in [1.54, 1.807) is 19.1 Å². The van der Waals surface area contributed by atoms with Crippen LogP contribution in [0.3, 0.4) is 0 Å². The predicted octanol–water partition coefficient (Wildman–Crippen LogP) is 6.27. The van der Waals surface area contributed by atoms with Gasteiger partial charge in [-0.05, 0) is 92.0 Å². The van der Waals surface area contributed by atoms with Gasteiger partial charge in [-0.3, -0.25) is 4.79 Å². The van der Waals surface area contributed by atoms with Crippen molar-refractivity contribution in [3.63, 3.8) is 0 Å². The van der Waals surface area contributed by atoms with Crippen molar-refractivity contribution < 1.29 is 19.4 Å². The van der Waals surface area contributed by atoms with E-state index < -0.39 is 5.97 Å². The molecule has 0 bridgehead atoms. The van der Waals surface area contributed by atoms with Crippen LogP contribution in [0.2, 0.25) is 0 Å². The van der Waals surface area contributed by atoms with Gasteiger partial charge >= 0.3 is 5.97 Å². The monoisotopic (exact) mass is 409 g/mol. The van der Waals surface area contributed by atoms with E-state index in [9.17, 15) is 19.4 Å². The maximum atomic E-state index is 13.9. The summed E-state index contributed by atoms with van der Waals surface area (Å²) >= 11 is 0. The van der Waals surface area contributed by atoms with E-state index in [4.69, 9.17) is 0 Å². The maximum Gasteiger partial charge on any atom is 0.306 e. The summed E-state index contributed by atoms with van der Waals surface area (Å²) in [5.74, 6) is -0.552. The third-order valence-corrected chi connectivity index (χ3v) is 6.46. The number of nitrogens with zero attached hydrogens (tertiary/aromatic N) is 1. The molecule has 5 heteroatoms. The van der Waals surface area contributed by atoms with Crippen LogP contribution in [-0.2, 0) is 4.79 Å². The fraction of sp³-hybridized carbons (Fsp3) is 0.400. The molecule has 0 unspecified atom stereocenters. The van der Waals surface area contributed by atoms with Gasteiger partial charge in [-0.1, -0.05) is 13.8 Å². The summed E-state index contributed by atoms with van der Waals surface area (Å²) in [6.45, 7) is 6.06. The van der Waals surface area contributed by atoms with Crippen molar-refractivity contribution in [3.05, 3.63) is 59.0 Å². The van der Waals surface area contributed by atoms with E-state index in [1.807, 2.05) is 18.2 Å². The number of benzene rings is 2. The van der Waals surface area contributed by atoms with Crippen molar-refractivity contribution in [2.75, 3.05) is 0 Å². The van der Waals surface area contributed by atoms with Gasteiger partial charge in [0, 0.05) is 16.8 Å². The summed E-state index contributed by atoms with van der Waals surface area (Å²) in [6, 6.07) is 10.6. The van der Waals surface area contributed by atoms with Gasteiger partial charge in [-0.15, -0.1) is 0 Å². The third-order valence-electron chi connectivity index (χ3n) is 6.46. The first-order valence-electron chi connectivity index (χ1n) is 10.6. The lowest BCUT2D eigenvalue weighted by Gasteiger charge is -2.28. The van der Waals surface area contributed by atoms with Crippen molar-refractivity contribution >= 4 is 16.9 Å². The van der Waals surface area contributed by atoms with Gasteiger partial charge in [0.2, 0.25) is 0 Å². The molecule has 0 aliphatic heterocycles. The SMILES string of the molecule is Cc1cc(-n2c(C(C)C)c(C3CCC(C(=O)O)CC3)c3cc(O)ccc32)ccc1F. The number of phenolic OH excluding ortho intramolecular Hbond substituents is 1. The van der Waals surface area contributed by atoms with Crippen LogP contribution in [0.1, 0.15) is 68.2 Å². The summed E-state index contributed by atoms with van der Waals surface area (Å²) < 4.78 is 16.1. The number of carboxylic acid groups (broad SMARTS) is 1. The molecule has 0 radical (unpaired) electrons. The standard InChI is InChI=1S/C25H28FNO3/c1-14(2)24-23(16-4-6-17(7-5-16)25(29)30)20-13-19(28)9-11-22(20)27(24)18-8-10-21(26)15(3)12-18/h8-14,16-17,28H,4-7H2,1-3H3,(H,29,30). The van der Waals surface area contributed by atoms with Gasteiger partial charge in [-0.25, -0.2) is 4.39 Å². The molecule has 1 aliphatic carbocycles. The molecular formula is C25H28FNO3. The average molecular weight is 410 g/mol. The van der Waals surface area contributed by atoms with E-state index in [-0.39, 0.29) is 29.3 Å². The van der Waals surface area contributed by atoms with Crippen LogP contribution in [-0.4, -0.2) is 20.7 Å². The Morgan fingerprint density at radius 1 is 1.10 bits per heavy atom. The molecule has 1 heterocycles. The van der Waals surface area contributed by atoms with Crippen LogP contribution >= 0.6 is 0 Å². The Kier molecular flexibility index (Phi) is 5.31. The quantitative estimate of drug-likeness (QED) is 0.534. The molecule has 3 aromatic rings. The fourth-order valence-corrected chi connectivity index (χ4v) is 5.00. The predicted molar refractivity (Wildman–Crippen MR) is 116 cm³/mol. The topological polar surface area (TPSA) is 62.5 Å². The second kappa shape index (κ2) is 7.78. The van der Waals surface area contributed by atoms with Crippen LogP contribution in [0, 0.1) is 18.7 Å². The van der Waals surface area contributed by atoms with E-state index in [0.717, 1.165) is 35.1 Å². The van der Waals surface area contributed by atoms with Gasteiger partial charge in [0.15, 0.2) is 0 Å². The molecule has 2 N–H and O–H groups in total. The molecule has 158 valence electrons. The first kappa shape index (κ1) is 20.5. The number of aryl methyl sites for hydroxylation is 1. The van der Waals surface area contributed by atoms with Gasteiger partial charge in [-0.2, -0.15) is 0 Å². The Labute approximate surface area is 176 Å². The Morgan fingerprint density at radius 2 is 1.80 bits per heavy atom. The number of aromatic hydroxyl groups is 1. The molecule has 1 fully saturated rings. The lowest BCUT2D eigenvalue weighted by Crippen LogP contribution is -2.21. The summed E-state index contributed by atoms with van der Waals surface area (Å²) in [4.78, 5) is 11.4. The highest BCUT2D eigenvalue weighted by molar-refractivity contribution is 5.89. The van der Waals surface area contributed by atoms with E-state index in [1.165, 1.54) is 11.6 Å². The normalized spacial score (nSPS) is 19.5. The number of aliphatic carboxylic acids is 1. The molecule has 0 atom stereocenters. The van der Waals surface area contributed by atoms with E-state index >= 15 is 0 Å². The molecule has 0 spiro atoms. The van der Waals surface area contributed by atoms with Crippen molar-refractivity contribution in [1.82, 2.24) is 4.57 Å². The minimum atomic E-state index is -0.709. The van der Waals surface area contributed by atoms with Crippen LogP contribution < -0.4 is 0 Å². The zero-order chi connectivity index (χ0) is 21.6. The highest BCUT2D eigenvalue weighted by Gasteiger charge is 2.32. The van der Waals surface area contributed by atoms with Crippen molar-refractivity contribution in [2.45, 2.75) is 58.3 Å². The molecule has 0 amide bonds. The molecule has 4 nitrogen and oxygen atoms in total. The first-order chi connectivity index (χ1) is 14.3. The average Bonchev–Trinajstić information content (AvgIpc) is 3.04. The highest BCUT2D eigenvalue weighted by Crippen LogP contribution is 2.45. The molecular weight excluding hydrogens is 381 g/mol. The fourth-order valence-electron chi connectivity index (χ4n) is 5.00. The highest BCUT2D eigenvalue weighted by atomic mass is 19.1. The number of fused-ring (bicyclic) bond motifs is 1. The van der Waals surface area contributed by atoms with E-state index in [2.05, 4.69) is 18.4 Å². The van der Waals surface area contributed by atoms with Gasteiger partial charge < -0.3 is 14.8 Å². The molecule has 1 saturated carbocycles. The molecule has 1 aliphatic rings. The minimum Gasteiger partial charge on any atom is -0.508 e.